The maximum absolute atomic E-state index is 12.1. The van der Waals surface area contributed by atoms with Crippen molar-refractivity contribution in [3.63, 3.8) is 0 Å². The van der Waals surface area contributed by atoms with Gasteiger partial charge in [-0.25, -0.2) is 0 Å². The molecule has 1 heterocycles. The van der Waals surface area contributed by atoms with Crippen LogP contribution in [0, 0.1) is 5.92 Å². The lowest BCUT2D eigenvalue weighted by molar-refractivity contribution is -0.127. The van der Waals surface area contributed by atoms with E-state index in [0.717, 1.165) is 18.5 Å². The van der Waals surface area contributed by atoms with Crippen molar-refractivity contribution in [3.05, 3.63) is 30.1 Å². The number of pyridine rings is 1. The molecule has 0 aromatic carbocycles. The summed E-state index contributed by atoms with van der Waals surface area (Å²) >= 11 is 0. The predicted molar refractivity (Wildman–Crippen MR) is 66.1 cm³/mol. The highest BCUT2D eigenvalue weighted by Gasteiger charge is 2.44. The number of rotatable bonds is 4. The van der Waals surface area contributed by atoms with Crippen molar-refractivity contribution in [2.75, 3.05) is 0 Å². The van der Waals surface area contributed by atoms with E-state index in [4.69, 9.17) is 5.73 Å². The number of nitrogens with zero attached hydrogens (tertiary/aromatic N) is 1. The average Bonchev–Trinajstić information content (AvgIpc) is 3.14. The molecule has 4 heteroatoms. The van der Waals surface area contributed by atoms with Gasteiger partial charge in [0.2, 0.25) is 5.91 Å². The van der Waals surface area contributed by atoms with Crippen LogP contribution in [0.4, 0.5) is 0 Å². The molecule has 0 spiro atoms. The molecule has 2 rings (SSSR count). The van der Waals surface area contributed by atoms with Crippen molar-refractivity contribution in [2.24, 2.45) is 11.7 Å². The van der Waals surface area contributed by atoms with Gasteiger partial charge in [0.25, 0.3) is 0 Å². The van der Waals surface area contributed by atoms with Gasteiger partial charge in [0.1, 0.15) is 0 Å². The van der Waals surface area contributed by atoms with Crippen molar-refractivity contribution in [1.82, 2.24) is 10.3 Å². The van der Waals surface area contributed by atoms with Crippen LogP contribution in [0.25, 0.3) is 0 Å². The minimum absolute atomic E-state index is 0.0850. The highest BCUT2D eigenvalue weighted by atomic mass is 16.2. The fourth-order valence-corrected chi connectivity index (χ4v) is 1.93. The first-order chi connectivity index (χ1) is 8.01. The SMILES string of the molecule is C[C@H](NC(=O)C(C)(N)C1CC1)c1ccccn1. The first-order valence-electron chi connectivity index (χ1n) is 6.02. The zero-order chi connectivity index (χ0) is 12.5. The maximum atomic E-state index is 12.1. The molecule has 92 valence electrons. The van der Waals surface area contributed by atoms with E-state index in [1.807, 2.05) is 32.0 Å². The molecule has 1 aliphatic carbocycles. The average molecular weight is 233 g/mol. The van der Waals surface area contributed by atoms with Crippen molar-refractivity contribution in [1.29, 1.82) is 0 Å². The van der Waals surface area contributed by atoms with E-state index in [1.165, 1.54) is 0 Å². The molecule has 1 aliphatic rings. The third-order valence-corrected chi connectivity index (χ3v) is 3.39. The summed E-state index contributed by atoms with van der Waals surface area (Å²) in [6.07, 6.45) is 3.83. The number of nitrogens with one attached hydrogen (secondary N) is 1. The van der Waals surface area contributed by atoms with Crippen molar-refractivity contribution in [2.45, 2.75) is 38.3 Å². The van der Waals surface area contributed by atoms with Crippen LogP contribution in [-0.4, -0.2) is 16.4 Å². The third-order valence-electron chi connectivity index (χ3n) is 3.39. The normalized spacial score (nSPS) is 20.4. The molecule has 0 radical (unpaired) electrons. The monoisotopic (exact) mass is 233 g/mol. The second-order valence-corrected chi connectivity index (χ2v) is 5.01. The standard InChI is InChI=1S/C13H19N3O/c1-9(11-5-3-4-8-15-11)16-12(17)13(2,14)10-6-7-10/h3-5,8-10H,6-7,14H2,1-2H3,(H,16,17)/t9-,13?/m0/s1. The first-order valence-corrected chi connectivity index (χ1v) is 6.02. The van der Waals surface area contributed by atoms with Crippen LogP contribution >= 0.6 is 0 Å². The Morgan fingerprint density at radius 1 is 1.59 bits per heavy atom. The van der Waals surface area contributed by atoms with Gasteiger partial charge in [-0.3, -0.25) is 9.78 Å². The fourth-order valence-electron chi connectivity index (χ4n) is 1.93. The van der Waals surface area contributed by atoms with Crippen LogP contribution in [0.3, 0.4) is 0 Å². The van der Waals surface area contributed by atoms with Crippen molar-refractivity contribution >= 4 is 5.91 Å². The van der Waals surface area contributed by atoms with Gasteiger partial charge >= 0.3 is 0 Å². The van der Waals surface area contributed by atoms with E-state index >= 15 is 0 Å². The van der Waals surface area contributed by atoms with Gasteiger partial charge in [-0.2, -0.15) is 0 Å². The fraction of sp³-hybridized carbons (Fsp3) is 0.538. The Bertz CT molecular complexity index is 398. The van der Waals surface area contributed by atoms with Crippen molar-refractivity contribution in [3.8, 4) is 0 Å². The lowest BCUT2D eigenvalue weighted by atomic mass is 9.95. The number of carbonyl (C=O) groups is 1. The summed E-state index contributed by atoms with van der Waals surface area (Å²) in [6, 6.07) is 5.56. The molecule has 1 unspecified atom stereocenters. The summed E-state index contributed by atoms with van der Waals surface area (Å²) in [4.78, 5) is 16.3. The molecular formula is C13H19N3O. The molecule has 0 saturated heterocycles. The van der Waals surface area contributed by atoms with Gasteiger partial charge in [0.15, 0.2) is 0 Å². The van der Waals surface area contributed by atoms with Crippen LogP contribution in [0.2, 0.25) is 0 Å². The Balaban J connectivity index is 1.99. The number of hydrogen-bond donors (Lipinski definition) is 2. The van der Waals surface area contributed by atoms with Crippen molar-refractivity contribution < 1.29 is 4.79 Å². The van der Waals surface area contributed by atoms with Crippen LogP contribution in [0.15, 0.2) is 24.4 Å². The predicted octanol–water partition coefficient (Wildman–Crippen LogP) is 1.39. The molecule has 1 aromatic rings. The van der Waals surface area contributed by atoms with Gasteiger partial charge in [-0.05, 0) is 44.7 Å². The van der Waals surface area contributed by atoms with Crippen LogP contribution < -0.4 is 11.1 Å². The summed E-state index contributed by atoms with van der Waals surface area (Å²) in [7, 11) is 0. The minimum atomic E-state index is -0.747. The largest absolute Gasteiger partial charge is 0.346 e. The number of nitrogens with two attached hydrogens (primary N) is 1. The second-order valence-electron chi connectivity index (χ2n) is 5.01. The van der Waals surface area contributed by atoms with Gasteiger partial charge in [0, 0.05) is 6.20 Å². The van der Waals surface area contributed by atoms with E-state index < -0.39 is 5.54 Å². The van der Waals surface area contributed by atoms with Crippen LogP contribution in [0.5, 0.6) is 0 Å². The Labute approximate surface area is 102 Å². The summed E-state index contributed by atoms with van der Waals surface area (Å²) in [5.74, 6) is 0.247. The van der Waals surface area contributed by atoms with E-state index in [2.05, 4.69) is 10.3 Å². The highest BCUT2D eigenvalue weighted by molar-refractivity contribution is 5.86. The molecular weight excluding hydrogens is 214 g/mol. The van der Waals surface area contributed by atoms with E-state index in [0.29, 0.717) is 5.92 Å². The zero-order valence-corrected chi connectivity index (χ0v) is 10.3. The maximum Gasteiger partial charge on any atom is 0.240 e. The smallest absolute Gasteiger partial charge is 0.240 e. The summed E-state index contributed by atoms with van der Waals surface area (Å²) in [6.45, 7) is 3.73. The molecule has 1 saturated carbocycles. The quantitative estimate of drug-likeness (QED) is 0.825. The zero-order valence-electron chi connectivity index (χ0n) is 10.3. The lowest BCUT2D eigenvalue weighted by Crippen LogP contribution is -2.53. The van der Waals surface area contributed by atoms with Gasteiger partial charge < -0.3 is 11.1 Å². The van der Waals surface area contributed by atoms with E-state index in [1.54, 1.807) is 6.20 Å². The molecule has 0 aliphatic heterocycles. The molecule has 1 aromatic heterocycles. The lowest BCUT2D eigenvalue weighted by Gasteiger charge is -2.25. The topological polar surface area (TPSA) is 68.0 Å². The Morgan fingerprint density at radius 3 is 2.82 bits per heavy atom. The van der Waals surface area contributed by atoms with Crippen LogP contribution in [0.1, 0.15) is 38.4 Å². The van der Waals surface area contributed by atoms with Crippen LogP contribution in [-0.2, 0) is 4.79 Å². The first kappa shape index (κ1) is 12.0. The van der Waals surface area contributed by atoms with Gasteiger partial charge in [0.05, 0.1) is 17.3 Å². The summed E-state index contributed by atoms with van der Waals surface area (Å²) < 4.78 is 0. The summed E-state index contributed by atoms with van der Waals surface area (Å²) in [5, 5.41) is 2.93. The molecule has 0 bridgehead atoms. The molecule has 1 fully saturated rings. The molecule has 3 N–H and O–H groups in total. The number of hydrogen-bond acceptors (Lipinski definition) is 3. The number of amides is 1. The molecule has 2 atom stereocenters. The van der Waals surface area contributed by atoms with E-state index in [-0.39, 0.29) is 11.9 Å². The molecule has 1 amide bonds. The Kier molecular flexibility index (Phi) is 3.15. The van der Waals surface area contributed by atoms with E-state index in [9.17, 15) is 4.79 Å². The van der Waals surface area contributed by atoms with Gasteiger partial charge in [-0.1, -0.05) is 6.07 Å². The van der Waals surface area contributed by atoms with Gasteiger partial charge in [-0.15, -0.1) is 0 Å². The second kappa shape index (κ2) is 4.45. The molecule has 4 nitrogen and oxygen atoms in total. The number of carbonyl (C=O) groups excluding carboxylic acids is 1. The third kappa shape index (κ3) is 2.64. The molecule has 17 heavy (non-hydrogen) atoms. The number of aromatic nitrogens is 1. The Morgan fingerprint density at radius 2 is 2.29 bits per heavy atom. The summed E-state index contributed by atoms with van der Waals surface area (Å²) in [5.41, 5.74) is 6.17. The Hall–Kier alpha value is -1.42. The minimum Gasteiger partial charge on any atom is -0.346 e. The highest BCUT2D eigenvalue weighted by Crippen LogP contribution is 2.38.